The van der Waals surface area contributed by atoms with E-state index in [9.17, 15) is 14.4 Å². The highest BCUT2D eigenvalue weighted by Gasteiger charge is 2.43. The van der Waals surface area contributed by atoms with Crippen LogP contribution in [0.3, 0.4) is 0 Å². The van der Waals surface area contributed by atoms with E-state index >= 15 is 0 Å². The molecule has 2 aromatic rings. The molecule has 6 heterocycles. The maximum Gasteiger partial charge on any atom is 0.234 e. The van der Waals surface area contributed by atoms with Gasteiger partial charge in [0.2, 0.25) is 17.7 Å². The average molecular weight is 538 g/mol. The second kappa shape index (κ2) is 11.6. The third-order valence-electron chi connectivity index (χ3n) is 6.59. The second-order valence-corrected chi connectivity index (χ2v) is 11.4. The lowest BCUT2D eigenvalue weighted by Gasteiger charge is -2.25. The second-order valence-electron chi connectivity index (χ2n) is 10.3. The van der Waals surface area contributed by atoms with Crippen LogP contribution in [0, 0.1) is 0 Å². The summed E-state index contributed by atoms with van der Waals surface area (Å²) in [5.41, 5.74) is 3.71. The lowest BCUT2D eigenvalue weighted by molar-refractivity contribution is -0.130. The lowest BCUT2D eigenvalue weighted by atomic mass is 10.2. The van der Waals surface area contributed by atoms with Crippen molar-refractivity contribution in [3.8, 4) is 0 Å². The van der Waals surface area contributed by atoms with Crippen molar-refractivity contribution in [2.24, 2.45) is 4.99 Å². The Morgan fingerprint density at radius 1 is 0.789 bits per heavy atom. The zero-order valence-electron chi connectivity index (χ0n) is 22.7. The maximum atomic E-state index is 11.6. The molecule has 0 bridgehead atoms. The van der Waals surface area contributed by atoms with E-state index in [1.807, 2.05) is 64.1 Å². The summed E-state index contributed by atoms with van der Waals surface area (Å²) in [6, 6.07) is 4.47. The van der Waals surface area contributed by atoms with Crippen LogP contribution in [0.4, 0.5) is 11.6 Å². The summed E-state index contributed by atoms with van der Waals surface area (Å²) in [6.45, 7) is 12.0. The van der Waals surface area contributed by atoms with Gasteiger partial charge in [-0.05, 0) is 47.6 Å². The molecule has 1 fully saturated rings. The normalized spacial score (nSPS) is 21.1. The molecule has 0 aliphatic carbocycles. The molecule has 10 nitrogen and oxygen atoms in total. The molecule has 11 heteroatoms. The number of hydrogen-bond donors (Lipinski definition) is 0. The predicted octanol–water partition coefficient (Wildman–Crippen LogP) is 3.25. The van der Waals surface area contributed by atoms with E-state index in [-0.39, 0.29) is 42.0 Å². The molecule has 4 aliphatic heterocycles. The molecule has 2 aromatic heterocycles. The lowest BCUT2D eigenvalue weighted by Crippen LogP contribution is -2.38. The number of thioether (sulfide) groups is 1. The number of rotatable bonds is 3. The molecule has 38 heavy (non-hydrogen) atoms. The Balaban J connectivity index is 0.000000133. The van der Waals surface area contributed by atoms with Gasteiger partial charge in [0, 0.05) is 48.7 Å². The number of anilines is 2. The Hall–Kier alpha value is -3.34. The first-order valence-electron chi connectivity index (χ1n) is 13.0. The van der Waals surface area contributed by atoms with Gasteiger partial charge in [-0.2, -0.15) is 0 Å². The highest BCUT2D eigenvalue weighted by molar-refractivity contribution is 8.13. The van der Waals surface area contributed by atoms with Crippen molar-refractivity contribution in [2.45, 2.75) is 90.3 Å². The van der Waals surface area contributed by atoms with Gasteiger partial charge in [0.15, 0.2) is 5.82 Å². The summed E-state index contributed by atoms with van der Waals surface area (Å²) in [5.74, 6) is 2.06. The molecule has 0 aromatic carbocycles. The highest BCUT2D eigenvalue weighted by Crippen LogP contribution is 2.35. The molecule has 0 radical (unpaired) electrons. The Kier molecular flexibility index (Phi) is 8.44. The highest BCUT2D eigenvalue weighted by atomic mass is 32.2. The van der Waals surface area contributed by atoms with E-state index in [0.717, 1.165) is 22.9 Å². The van der Waals surface area contributed by atoms with Crippen LogP contribution in [0.25, 0.3) is 0 Å². The fourth-order valence-electron chi connectivity index (χ4n) is 5.01. The van der Waals surface area contributed by atoms with Crippen LogP contribution >= 0.6 is 11.8 Å². The van der Waals surface area contributed by atoms with Crippen molar-refractivity contribution in [3.63, 3.8) is 0 Å². The van der Waals surface area contributed by atoms with E-state index in [1.165, 1.54) is 0 Å². The van der Waals surface area contributed by atoms with Crippen LogP contribution in [-0.4, -0.2) is 72.7 Å². The van der Waals surface area contributed by atoms with Gasteiger partial charge < -0.3 is 4.90 Å². The molecule has 2 atom stereocenters. The number of amides is 3. The van der Waals surface area contributed by atoms with Gasteiger partial charge >= 0.3 is 0 Å². The summed E-state index contributed by atoms with van der Waals surface area (Å²) in [7, 11) is 0. The summed E-state index contributed by atoms with van der Waals surface area (Å²) in [5, 5.41) is 0.389. The quantitative estimate of drug-likeness (QED) is 0.591. The van der Waals surface area contributed by atoms with E-state index in [2.05, 4.69) is 19.9 Å². The Morgan fingerprint density at radius 3 is 2.11 bits per heavy atom. The van der Waals surface area contributed by atoms with E-state index < -0.39 is 0 Å². The fraction of sp³-hybridized carbons (Fsp3) is 0.519. The van der Waals surface area contributed by atoms with Gasteiger partial charge in [0.25, 0.3) is 0 Å². The first-order valence-corrected chi connectivity index (χ1v) is 13.9. The minimum Gasteiger partial charge on any atom is -0.317 e. The average Bonchev–Trinajstić information content (AvgIpc) is 3.58. The largest absolute Gasteiger partial charge is 0.317 e. The first-order chi connectivity index (χ1) is 18.1. The number of nitrogens with zero attached hydrogens (tertiary/aromatic N) is 7. The van der Waals surface area contributed by atoms with Crippen molar-refractivity contribution in [1.29, 1.82) is 0 Å². The standard InChI is InChI=1S/C10H12N2O.C9H11N3O.C8H12N2OS/c1-7(2)12-9(13)6-8-4-3-5-11-10(8)12;1-6(2)12-8(13)5-7-9(12)11-4-3-10-7;1-5(2)10-7(11)3-6-8(10)9-4-12-6/h3-5,7H,6H2,1-2H3;3-4,6H,5H2,1-2H3;4-6,8H,3H2,1-2H3. The number of aliphatic imine (C=N–C) groups is 1. The van der Waals surface area contributed by atoms with Crippen molar-refractivity contribution < 1.29 is 14.4 Å². The van der Waals surface area contributed by atoms with Crippen molar-refractivity contribution in [3.05, 3.63) is 42.0 Å². The molecule has 3 amide bonds. The van der Waals surface area contributed by atoms with Gasteiger partial charge in [0.1, 0.15) is 12.0 Å². The predicted molar refractivity (Wildman–Crippen MR) is 149 cm³/mol. The van der Waals surface area contributed by atoms with Gasteiger partial charge in [0.05, 0.1) is 29.3 Å². The fourth-order valence-corrected chi connectivity index (χ4v) is 5.95. The molecular formula is C27H35N7O3S. The third kappa shape index (κ3) is 5.57. The summed E-state index contributed by atoms with van der Waals surface area (Å²) < 4.78 is 0. The van der Waals surface area contributed by atoms with Crippen LogP contribution in [0.5, 0.6) is 0 Å². The number of carbonyl (C=O) groups excluding carboxylic acids is 3. The zero-order valence-corrected chi connectivity index (χ0v) is 23.6. The van der Waals surface area contributed by atoms with Gasteiger partial charge in [-0.25, -0.2) is 9.97 Å². The molecule has 0 spiro atoms. The Labute approximate surface area is 227 Å². The van der Waals surface area contributed by atoms with Gasteiger partial charge in [-0.15, -0.1) is 11.8 Å². The molecular weight excluding hydrogens is 502 g/mol. The molecule has 0 saturated carbocycles. The smallest absolute Gasteiger partial charge is 0.234 e. The van der Waals surface area contributed by atoms with Crippen molar-refractivity contribution in [2.75, 3.05) is 9.80 Å². The van der Waals surface area contributed by atoms with Crippen molar-refractivity contribution >= 4 is 46.7 Å². The molecule has 6 rings (SSSR count). The number of fused-ring (bicyclic) bond motifs is 3. The zero-order chi connectivity index (χ0) is 27.6. The maximum absolute atomic E-state index is 11.6. The first kappa shape index (κ1) is 27.7. The van der Waals surface area contributed by atoms with Gasteiger partial charge in [-0.1, -0.05) is 6.07 Å². The summed E-state index contributed by atoms with van der Waals surface area (Å²) in [4.78, 5) is 56.7. The monoisotopic (exact) mass is 537 g/mol. The molecule has 0 N–H and O–H groups in total. The molecule has 1 saturated heterocycles. The van der Waals surface area contributed by atoms with Crippen LogP contribution < -0.4 is 9.80 Å². The number of aromatic nitrogens is 3. The number of carbonyl (C=O) groups is 3. The topological polar surface area (TPSA) is 112 Å². The third-order valence-corrected chi connectivity index (χ3v) is 7.60. The minimum absolute atomic E-state index is 0.0937. The molecule has 4 aliphatic rings. The van der Waals surface area contributed by atoms with E-state index in [0.29, 0.717) is 24.5 Å². The molecule has 202 valence electrons. The number of hydrogen-bond acceptors (Lipinski definition) is 8. The summed E-state index contributed by atoms with van der Waals surface area (Å²) in [6.07, 6.45) is 6.65. The summed E-state index contributed by atoms with van der Waals surface area (Å²) >= 11 is 1.68. The van der Waals surface area contributed by atoms with Crippen LogP contribution in [0.2, 0.25) is 0 Å². The van der Waals surface area contributed by atoms with Crippen LogP contribution in [0.1, 0.15) is 59.2 Å². The van der Waals surface area contributed by atoms with E-state index in [1.54, 1.807) is 40.2 Å². The SMILES string of the molecule is CC(C)N1C(=O)CC2SC=NC21.CC(C)N1C(=O)Cc2cccnc21.CC(C)N1C(=O)Cc2nccnc21. The van der Waals surface area contributed by atoms with Crippen molar-refractivity contribution in [1.82, 2.24) is 19.9 Å². The van der Waals surface area contributed by atoms with E-state index in [4.69, 9.17) is 0 Å². The van der Waals surface area contributed by atoms with Crippen LogP contribution in [0.15, 0.2) is 35.7 Å². The Bertz CT molecular complexity index is 1160. The van der Waals surface area contributed by atoms with Gasteiger partial charge in [-0.3, -0.25) is 34.2 Å². The minimum atomic E-state index is 0.0937. The van der Waals surface area contributed by atoms with Crippen LogP contribution in [-0.2, 0) is 27.2 Å². The number of pyridine rings is 1. The number of likely N-dealkylation sites (tertiary alicyclic amines) is 1. The Morgan fingerprint density at radius 2 is 1.42 bits per heavy atom. The molecule has 2 unspecified atom stereocenters.